The first kappa shape index (κ1) is 19.8. The van der Waals surface area contributed by atoms with Gasteiger partial charge in [-0.25, -0.2) is 4.79 Å². The van der Waals surface area contributed by atoms with Gasteiger partial charge in [0.05, 0.1) is 3.57 Å². The van der Waals surface area contributed by atoms with Crippen LogP contribution in [0.15, 0.2) is 0 Å². The van der Waals surface area contributed by atoms with Crippen LogP contribution in [0.1, 0.15) is 67.8 Å². The molecule has 0 heterocycles. The van der Waals surface area contributed by atoms with Crippen molar-refractivity contribution in [3.63, 3.8) is 0 Å². The molecule has 0 spiro atoms. The zero-order valence-corrected chi connectivity index (χ0v) is 17.0. The molecular formula is C16H22I2O4. The highest BCUT2D eigenvalue weighted by atomic mass is 127. The number of unbranched alkanes of at least 4 members (excludes halogenated alkanes) is 6. The van der Waals surface area contributed by atoms with E-state index in [1.165, 1.54) is 25.7 Å². The molecule has 1 aromatic carbocycles. The fraction of sp³-hybridized carbons (Fsp3) is 0.562. The van der Waals surface area contributed by atoms with E-state index in [1.54, 1.807) is 0 Å². The van der Waals surface area contributed by atoms with Gasteiger partial charge in [-0.2, -0.15) is 0 Å². The molecule has 124 valence electrons. The molecule has 1 rings (SSSR count). The van der Waals surface area contributed by atoms with Crippen molar-refractivity contribution in [3.05, 3.63) is 18.3 Å². The molecule has 0 atom stereocenters. The topological polar surface area (TPSA) is 77.8 Å². The lowest BCUT2D eigenvalue weighted by Gasteiger charge is -2.14. The summed E-state index contributed by atoms with van der Waals surface area (Å²) in [6, 6.07) is 0. The molecule has 0 fully saturated rings. The maximum Gasteiger partial charge on any atom is 0.339 e. The molecule has 0 saturated heterocycles. The van der Waals surface area contributed by atoms with Crippen molar-refractivity contribution in [1.29, 1.82) is 0 Å². The van der Waals surface area contributed by atoms with E-state index in [4.69, 9.17) is 0 Å². The largest absolute Gasteiger partial charge is 0.504 e. The lowest BCUT2D eigenvalue weighted by Crippen LogP contribution is -2.07. The quantitative estimate of drug-likeness (QED) is 0.229. The molecule has 0 aliphatic carbocycles. The zero-order valence-electron chi connectivity index (χ0n) is 12.7. The van der Waals surface area contributed by atoms with Crippen LogP contribution in [0.5, 0.6) is 11.5 Å². The maximum absolute atomic E-state index is 11.4. The number of hydrogen-bond acceptors (Lipinski definition) is 3. The number of benzene rings is 1. The summed E-state index contributed by atoms with van der Waals surface area (Å²) >= 11 is 3.98. The van der Waals surface area contributed by atoms with Gasteiger partial charge >= 0.3 is 5.97 Å². The van der Waals surface area contributed by atoms with E-state index in [0.717, 1.165) is 22.8 Å². The van der Waals surface area contributed by atoms with Crippen molar-refractivity contribution in [2.24, 2.45) is 0 Å². The first-order valence-electron chi connectivity index (χ1n) is 7.56. The lowest BCUT2D eigenvalue weighted by atomic mass is 9.99. The predicted molar refractivity (Wildman–Crippen MR) is 104 cm³/mol. The molecule has 0 aromatic heterocycles. The molecule has 0 saturated carbocycles. The van der Waals surface area contributed by atoms with Gasteiger partial charge in [-0.1, -0.05) is 45.4 Å². The normalized spacial score (nSPS) is 10.9. The number of carboxylic acid groups (broad SMARTS) is 1. The van der Waals surface area contributed by atoms with Crippen molar-refractivity contribution in [2.75, 3.05) is 0 Å². The minimum Gasteiger partial charge on any atom is -0.504 e. The standard InChI is InChI=1S/C16H22I2O4/c1-2-3-4-5-6-7-8-9-10-11(16(21)22)14(19)15(20)13(18)12(10)17/h19-20H,2-9H2,1H3,(H,21,22). The highest BCUT2D eigenvalue weighted by Gasteiger charge is 2.24. The van der Waals surface area contributed by atoms with Crippen molar-refractivity contribution in [2.45, 2.75) is 58.3 Å². The van der Waals surface area contributed by atoms with Gasteiger partial charge in [0.2, 0.25) is 0 Å². The van der Waals surface area contributed by atoms with Crippen LogP contribution in [0.3, 0.4) is 0 Å². The molecule has 6 heteroatoms. The molecule has 0 radical (unpaired) electrons. The molecule has 0 bridgehead atoms. The third-order valence-electron chi connectivity index (χ3n) is 3.67. The van der Waals surface area contributed by atoms with Crippen LogP contribution in [-0.2, 0) is 6.42 Å². The number of carbonyl (C=O) groups is 1. The van der Waals surface area contributed by atoms with Gasteiger partial charge in [0.25, 0.3) is 0 Å². The number of aromatic carboxylic acids is 1. The molecule has 0 unspecified atom stereocenters. The minimum atomic E-state index is -1.19. The summed E-state index contributed by atoms with van der Waals surface area (Å²) in [4.78, 5) is 11.4. The Morgan fingerprint density at radius 3 is 2.00 bits per heavy atom. The number of phenolic OH excluding ortho intramolecular Hbond substituents is 1. The summed E-state index contributed by atoms with van der Waals surface area (Å²) in [5.41, 5.74) is 0.467. The second kappa shape index (κ2) is 9.79. The van der Waals surface area contributed by atoms with Gasteiger partial charge in [-0.3, -0.25) is 0 Å². The number of carboxylic acids is 1. The van der Waals surface area contributed by atoms with Crippen molar-refractivity contribution < 1.29 is 20.1 Å². The zero-order chi connectivity index (χ0) is 16.7. The predicted octanol–water partition coefficient (Wildman–Crippen LogP) is 5.30. The van der Waals surface area contributed by atoms with Crippen LogP contribution in [0.25, 0.3) is 0 Å². The van der Waals surface area contributed by atoms with Gasteiger partial charge in [-0.05, 0) is 63.6 Å². The lowest BCUT2D eigenvalue weighted by molar-refractivity contribution is 0.0691. The Kier molecular flexibility index (Phi) is 8.81. The summed E-state index contributed by atoms with van der Waals surface area (Å²) in [7, 11) is 0. The fourth-order valence-corrected chi connectivity index (χ4v) is 3.81. The molecule has 4 nitrogen and oxygen atoms in total. The van der Waals surface area contributed by atoms with Crippen LogP contribution in [-0.4, -0.2) is 21.3 Å². The molecule has 3 N–H and O–H groups in total. The summed E-state index contributed by atoms with van der Waals surface area (Å²) in [5, 5.41) is 29.0. The van der Waals surface area contributed by atoms with E-state index in [9.17, 15) is 20.1 Å². The van der Waals surface area contributed by atoms with E-state index in [2.05, 4.69) is 6.92 Å². The Labute approximate surface area is 158 Å². The molecular weight excluding hydrogens is 510 g/mol. The van der Waals surface area contributed by atoms with E-state index < -0.39 is 11.7 Å². The Morgan fingerprint density at radius 2 is 1.45 bits per heavy atom. The van der Waals surface area contributed by atoms with Crippen LogP contribution in [0, 0.1) is 7.14 Å². The summed E-state index contributed by atoms with van der Waals surface area (Å²) in [6.07, 6.45) is 8.68. The van der Waals surface area contributed by atoms with Gasteiger partial charge in [-0.15, -0.1) is 0 Å². The highest BCUT2D eigenvalue weighted by molar-refractivity contribution is 14.1. The number of hydrogen-bond donors (Lipinski definition) is 3. The van der Waals surface area contributed by atoms with Crippen molar-refractivity contribution in [3.8, 4) is 11.5 Å². The first-order valence-corrected chi connectivity index (χ1v) is 9.72. The molecule has 0 aliphatic rings. The van der Waals surface area contributed by atoms with Gasteiger partial charge in [0.1, 0.15) is 5.56 Å². The summed E-state index contributed by atoms with van der Waals surface area (Å²) in [6.45, 7) is 2.19. The van der Waals surface area contributed by atoms with E-state index in [-0.39, 0.29) is 11.3 Å². The number of rotatable bonds is 9. The van der Waals surface area contributed by atoms with Gasteiger partial charge in [0.15, 0.2) is 11.5 Å². The molecule has 0 amide bonds. The SMILES string of the molecule is CCCCCCCCCc1c(I)c(I)c(O)c(O)c1C(=O)O. The van der Waals surface area contributed by atoms with E-state index in [0.29, 0.717) is 15.6 Å². The van der Waals surface area contributed by atoms with Crippen LogP contribution in [0.4, 0.5) is 0 Å². The Morgan fingerprint density at radius 1 is 0.909 bits per heavy atom. The summed E-state index contributed by atoms with van der Waals surface area (Å²) < 4.78 is 1.23. The van der Waals surface area contributed by atoms with Gasteiger partial charge in [0, 0.05) is 3.57 Å². The average molecular weight is 532 g/mol. The smallest absolute Gasteiger partial charge is 0.339 e. The highest BCUT2D eigenvalue weighted by Crippen LogP contribution is 2.40. The van der Waals surface area contributed by atoms with Crippen molar-refractivity contribution in [1.82, 2.24) is 0 Å². The summed E-state index contributed by atoms with van der Waals surface area (Å²) in [5.74, 6) is -2.05. The van der Waals surface area contributed by atoms with E-state index >= 15 is 0 Å². The maximum atomic E-state index is 11.4. The second-order valence-electron chi connectivity index (χ2n) is 5.36. The Balaban J connectivity index is 2.75. The fourth-order valence-electron chi connectivity index (χ4n) is 2.44. The third-order valence-corrected chi connectivity index (χ3v) is 6.95. The van der Waals surface area contributed by atoms with Crippen molar-refractivity contribution >= 4 is 51.2 Å². The second-order valence-corrected chi connectivity index (χ2v) is 7.51. The monoisotopic (exact) mass is 532 g/mol. The number of aromatic hydroxyl groups is 2. The third kappa shape index (κ3) is 5.14. The van der Waals surface area contributed by atoms with Crippen LogP contribution in [0.2, 0.25) is 0 Å². The Hall–Kier alpha value is -0.250. The average Bonchev–Trinajstić information content (AvgIpc) is 2.48. The van der Waals surface area contributed by atoms with Crippen LogP contribution >= 0.6 is 45.2 Å². The molecule has 0 aliphatic heterocycles. The molecule has 22 heavy (non-hydrogen) atoms. The Bertz CT molecular complexity index is 530. The molecule has 1 aromatic rings. The van der Waals surface area contributed by atoms with Crippen LogP contribution < -0.4 is 0 Å². The van der Waals surface area contributed by atoms with E-state index in [1.807, 2.05) is 45.2 Å². The number of phenols is 2. The van der Waals surface area contributed by atoms with Gasteiger partial charge < -0.3 is 15.3 Å². The minimum absolute atomic E-state index is 0.159. The number of halogens is 2. The first-order chi connectivity index (χ1) is 10.4.